The van der Waals surface area contributed by atoms with Gasteiger partial charge in [-0.05, 0) is 58.3 Å². The van der Waals surface area contributed by atoms with E-state index < -0.39 is 4.92 Å². The van der Waals surface area contributed by atoms with E-state index in [-0.39, 0.29) is 30.0 Å². The summed E-state index contributed by atoms with van der Waals surface area (Å²) in [5.74, 6) is 0.645. The van der Waals surface area contributed by atoms with Gasteiger partial charge >= 0.3 is 0 Å². The van der Waals surface area contributed by atoms with Crippen molar-refractivity contribution in [1.82, 2.24) is 15.2 Å². The molecule has 10 heteroatoms. The molecule has 2 aromatic rings. The largest absolute Gasteiger partial charge is 0.455 e. The van der Waals surface area contributed by atoms with Gasteiger partial charge in [-0.3, -0.25) is 19.7 Å². The van der Waals surface area contributed by atoms with Gasteiger partial charge in [0, 0.05) is 42.8 Å². The van der Waals surface area contributed by atoms with Gasteiger partial charge in [0.2, 0.25) is 5.91 Å². The number of hydrogen-bond acceptors (Lipinski definition) is 7. The number of furan rings is 1. The molecule has 1 N–H and O–H groups in total. The van der Waals surface area contributed by atoms with E-state index in [9.17, 15) is 19.7 Å². The lowest BCUT2D eigenvalue weighted by Gasteiger charge is -2.34. The number of amides is 2. The van der Waals surface area contributed by atoms with Crippen molar-refractivity contribution in [2.24, 2.45) is 5.10 Å². The number of fused-ring (bicyclic) bond motifs is 1. The minimum atomic E-state index is -0.478. The fourth-order valence-corrected chi connectivity index (χ4v) is 4.78. The number of aryl methyl sites for hydroxylation is 1. The lowest BCUT2D eigenvalue weighted by molar-refractivity contribution is -0.384. The van der Waals surface area contributed by atoms with Gasteiger partial charge in [-0.15, -0.1) is 0 Å². The summed E-state index contributed by atoms with van der Waals surface area (Å²) < 4.78 is 6.04. The second-order valence-electron chi connectivity index (χ2n) is 9.35. The molecule has 2 amide bonds. The lowest BCUT2D eigenvalue weighted by atomic mass is 9.93. The van der Waals surface area contributed by atoms with Crippen LogP contribution in [0.3, 0.4) is 0 Å². The molecule has 1 saturated heterocycles. The zero-order valence-electron chi connectivity index (χ0n) is 20.4. The van der Waals surface area contributed by atoms with Crippen LogP contribution in [0.25, 0.3) is 0 Å². The molecule has 0 atom stereocenters. The summed E-state index contributed by atoms with van der Waals surface area (Å²) in [6.07, 6.45) is 4.13. The van der Waals surface area contributed by atoms with Crippen molar-refractivity contribution < 1.29 is 18.9 Å². The molecule has 35 heavy (non-hydrogen) atoms. The van der Waals surface area contributed by atoms with E-state index in [2.05, 4.69) is 22.5 Å². The number of piperidine rings is 1. The molecular weight excluding hydrogens is 450 g/mol. The first-order chi connectivity index (χ1) is 16.7. The Kier molecular flexibility index (Phi) is 7.30. The Morgan fingerprint density at radius 2 is 1.91 bits per heavy atom. The number of carbonyl (C=O) groups is 2. The molecule has 0 saturated carbocycles. The second-order valence-corrected chi connectivity index (χ2v) is 9.35. The Bertz CT molecular complexity index is 1150. The number of rotatable bonds is 6. The maximum atomic E-state index is 13.3. The fourth-order valence-electron chi connectivity index (χ4n) is 4.78. The SMILES string of the molecule is Cc1c(C(=O)N(C)C2CCN(C)CC2)oc2c1/C(=N/NC(=O)Cc1ccc([N+](=O)[O-])cc1)CCC2. The fraction of sp³-hybridized carbons (Fsp3) is 0.480. The van der Waals surface area contributed by atoms with Gasteiger partial charge in [0.05, 0.1) is 17.1 Å². The smallest absolute Gasteiger partial charge is 0.289 e. The van der Waals surface area contributed by atoms with Crippen LogP contribution in [0.4, 0.5) is 5.69 Å². The average molecular weight is 482 g/mol. The van der Waals surface area contributed by atoms with E-state index >= 15 is 0 Å². The molecule has 0 unspecified atom stereocenters. The zero-order chi connectivity index (χ0) is 25.1. The van der Waals surface area contributed by atoms with Crippen molar-refractivity contribution >= 4 is 23.2 Å². The molecule has 0 bridgehead atoms. The first kappa shape index (κ1) is 24.6. The highest BCUT2D eigenvalue weighted by Gasteiger charge is 2.32. The van der Waals surface area contributed by atoms with E-state index in [1.807, 2.05) is 14.0 Å². The molecule has 4 rings (SSSR count). The highest BCUT2D eigenvalue weighted by molar-refractivity contribution is 6.06. The van der Waals surface area contributed by atoms with Crippen LogP contribution in [-0.4, -0.2) is 65.5 Å². The lowest BCUT2D eigenvalue weighted by Crippen LogP contribution is -2.44. The summed E-state index contributed by atoms with van der Waals surface area (Å²) in [5, 5.41) is 15.2. The van der Waals surface area contributed by atoms with E-state index in [0.717, 1.165) is 55.7 Å². The first-order valence-electron chi connectivity index (χ1n) is 11.9. The Hall–Kier alpha value is -3.53. The number of likely N-dealkylation sites (tertiary alicyclic amines) is 1. The predicted molar refractivity (Wildman–Crippen MR) is 130 cm³/mol. The first-order valence-corrected chi connectivity index (χ1v) is 11.9. The van der Waals surface area contributed by atoms with Crippen molar-refractivity contribution in [3.05, 3.63) is 62.6 Å². The number of non-ortho nitro benzene ring substituents is 1. The van der Waals surface area contributed by atoms with Crippen molar-refractivity contribution in [2.75, 3.05) is 27.2 Å². The molecule has 2 heterocycles. The van der Waals surface area contributed by atoms with Crippen molar-refractivity contribution in [1.29, 1.82) is 0 Å². The molecule has 1 fully saturated rings. The minimum Gasteiger partial charge on any atom is -0.455 e. The number of nitro groups is 1. The van der Waals surface area contributed by atoms with Gasteiger partial charge in [0.1, 0.15) is 5.76 Å². The van der Waals surface area contributed by atoms with Crippen LogP contribution >= 0.6 is 0 Å². The van der Waals surface area contributed by atoms with E-state index in [0.29, 0.717) is 23.5 Å². The van der Waals surface area contributed by atoms with Crippen LogP contribution in [0.1, 0.15) is 58.7 Å². The third-order valence-electron chi connectivity index (χ3n) is 6.90. The summed E-state index contributed by atoms with van der Waals surface area (Å²) in [6, 6.07) is 6.05. The summed E-state index contributed by atoms with van der Waals surface area (Å²) in [5.41, 5.74) is 5.50. The summed E-state index contributed by atoms with van der Waals surface area (Å²) in [6.45, 7) is 3.80. The Morgan fingerprint density at radius 3 is 2.57 bits per heavy atom. The van der Waals surface area contributed by atoms with Gasteiger partial charge in [-0.1, -0.05) is 12.1 Å². The second kappa shape index (κ2) is 10.4. The van der Waals surface area contributed by atoms with Crippen LogP contribution in [0.15, 0.2) is 33.8 Å². The van der Waals surface area contributed by atoms with Gasteiger partial charge in [0.25, 0.3) is 11.6 Å². The Labute approximate surface area is 204 Å². The van der Waals surface area contributed by atoms with Crippen LogP contribution in [-0.2, 0) is 17.6 Å². The topological polar surface area (TPSA) is 121 Å². The number of nitro benzene ring substituents is 1. The number of hydrazone groups is 1. The quantitative estimate of drug-likeness (QED) is 0.500. The van der Waals surface area contributed by atoms with Crippen LogP contribution in [0, 0.1) is 17.0 Å². The Morgan fingerprint density at radius 1 is 1.23 bits per heavy atom. The molecule has 186 valence electrons. The average Bonchev–Trinajstić information content (AvgIpc) is 3.19. The third kappa shape index (κ3) is 5.43. The van der Waals surface area contributed by atoms with E-state index in [4.69, 9.17) is 4.42 Å². The van der Waals surface area contributed by atoms with Crippen LogP contribution in [0.5, 0.6) is 0 Å². The van der Waals surface area contributed by atoms with Gasteiger partial charge < -0.3 is 14.2 Å². The van der Waals surface area contributed by atoms with Crippen LogP contribution in [0.2, 0.25) is 0 Å². The molecular formula is C25H31N5O5. The van der Waals surface area contributed by atoms with E-state index in [1.54, 1.807) is 17.0 Å². The number of benzene rings is 1. The molecule has 1 aromatic carbocycles. The zero-order valence-corrected chi connectivity index (χ0v) is 20.4. The maximum Gasteiger partial charge on any atom is 0.289 e. The van der Waals surface area contributed by atoms with E-state index in [1.165, 1.54) is 12.1 Å². The number of carbonyl (C=O) groups excluding carboxylic acids is 2. The minimum absolute atomic E-state index is 0.0219. The van der Waals surface area contributed by atoms with Gasteiger partial charge in [-0.25, -0.2) is 5.43 Å². The molecule has 1 aliphatic carbocycles. The standard InChI is InChI=1S/C25H31N5O5/c1-16-23-20(26-27-22(31)15-17-7-9-19(10-8-17)30(33)34)5-4-6-21(23)35-24(16)25(32)29(3)18-11-13-28(2)14-12-18/h7-10,18H,4-6,11-15H2,1-3H3,(H,27,31)/b26-20+. The summed E-state index contributed by atoms with van der Waals surface area (Å²) in [7, 11) is 3.93. The van der Waals surface area contributed by atoms with Crippen molar-refractivity contribution in [3.63, 3.8) is 0 Å². The summed E-state index contributed by atoms with van der Waals surface area (Å²) in [4.78, 5) is 40.1. The van der Waals surface area contributed by atoms with Gasteiger partial charge in [-0.2, -0.15) is 5.10 Å². The normalized spacial score (nSPS) is 17.7. The predicted octanol–water partition coefficient (Wildman–Crippen LogP) is 3.06. The highest BCUT2D eigenvalue weighted by Crippen LogP contribution is 2.31. The molecule has 2 aliphatic rings. The number of nitrogens with zero attached hydrogens (tertiary/aromatic N) is 4. The monoisotopic (exact) mass is 481 g/mol. The third-order valence-corrected chi connectivity index (χ3v) is 6.90. The molecule has 0 radical (unpaired) electrons. The van der Waals surface area contributed by atoms with Gasteiger partial charge in [0.15, 0.2) is 5.76 Å². The molecule has 0 spiro atoms. The Balaban J connectivity index is 1.46. The maximum absolute atomic E-state index is 13.3. The molecule has 10 nitrogen and oxygen atoms in total. The molecule has 1 aliphatic heterocycles. The van der Waals surface area contributed by atoms with Crippen LogP contribution < -0.4 is 5.43 Å². The molecule has 1 aromatic heterocycles. The van der Waals surface area contributed by atoms with Crippen molar-refractivity contribution in [3.8, 4) is 0 Å². The van der Waals surface area contributed by atoms with Crippen molar-refractivity contribution in [2.45, 2.75) is 51.5 Å². The number of hydrogen-bond donors (Lipinski definition) is 1. The summed E-state index contributed by atoms with van der Waals surface area (Å²) >= 11 is 0. The highest BCUT2D eigenvalue weighted by atomic mass is 16.6. The number of nitrogens with one attached hydrogen (secondary N) is 1.